The molecular weight excluding hydrogens is 271 g/mol. The van der Waals surface area contributed by atoms with E-state index < -0.39 is 0 Å². The summed E-state index contributed by atoms with van der Waals surface area (Å²) in [5.74, 6) is 0.0955. The van der Waals surface area contributed by atoms with Gasteiger partial charge in [0.1, 0.15) is 5.82 Å². The summed E-state index contributed by atoms with van der Waals surface area (Å²) in [4.78, 5) is 2.15. The molecule has 0 amide bonds. The van der Waals surface area contributed by atoms with Crippen molar-refractivity contribution in [1.29, 1.82) is 0 Å². The standard InChI is InChI=1S/C16H25FN2O2/c1-12-5-7-19(11-16(12)20)15-4-3-14(17)9-13(15)10-18-6-8-21-2/h3-4,9,12,16,18,20H,5-8,10-11H2,1-2H3. The molecule has 1 aliphatic rings. The number of nitrogens with one attached hydrogen (secondary N) is 1. The minimum absolute atomic E-state index is 0.229. The first kappa shape index (κ1) is 16.2. The Hall–Kier alpha value is -1.17. The molecule has 0 aromatic heterocycles. The van der Waals surface area contributed by atoms with E-state index in [0.717, 1.165) is 30.8 Å². The van der Waals surface area contributed by atoms with Crippen LogP contribution in [0.3, 0.4) is 0 Å². The Bertz CT molecular complexity index is 456. The third-order valence-electron chi connectivity index (χ3n) is 4.10. The largest absolute Gasteiger partial charge is 0.391 e. The summed E-state index contributed by atoms with van der Waals surface area (Å²) in [5.41, 5.74) is 1.93. The predicted molar refractivity (Wildman–Crippen MR) is 82.0 cm³/mol. The maximum atomic E-state index is 13.5. The zero-order valence-corrected chi connectivity index (χ0v) is 12.8. The molecule has 2 N–H and O–H groups in total. The fourth-order valence-corrected chi connectivity index (χ4v) is 2.67. The predicted octanol–water partition coefficient (Wildman–Crippen LogP) is 1.77. The number of aliphatic hydroxyl groups is 1. The molecule has 1 aliphatic heterocycles. The zero-order valence-electron chi connectivity index (χ0n) is 12.8. The van der Waals surface area contributed by atoms with Crippen LogP contribution in [0.1, 0.15) is 18.9 Å². The Morgan fingerprint density at radius 3 is 3.00 bits per heavy atom. The Morgan fingerprint density at radius 1 is 1.48 bits per heavy atom. The lowest BCUT2D eigenvalue weighted by molar-refractivity contribution is 0.103. The highest BCUT2D eigenvalue weighted by atomic mass is 19.1. The quantitative estimate of drug-likeness (QED) is 0.785. The van der Waals surface area contributed by atoms with Gasteiger partial charge in [0.15, 0.2) is 0 Å². The molecule has 5 heteroatoms. The van der Waals surface area contributed by atoms with Crippen molar-refractivity contribution in [3.63, 3.8) is 0 Å². The summed E-state index contributed by atoms with van der Waals surface area (Å²) in [7, 11) is 1.66. The molecule has 21 heavy (non-hydrogen) atoms. The number of nitrogens with zero attached hydrogens (tertiary/aromatic N) is 1. The van der Waals surface area contributed by atoms with Gasteiger partial charge in [0, 0.05) is 39.0 Å². The Morgan fingerprint density at radius 2 is 2.29 bits per heavy atom. The van der Waals surface area contributed by atoms with Crippen molar-refractivity contribution >= 4 is 5.69 Å². The summed E-state index contributed by atoms with van der Waals surface area (Å²) >= 11 is 0. The number of aliphatic hydroxyl groups excluding tert-OH is 1. The second kappa shape index (κ2) is 7.73. The van der Waals surface area contributed by atoms with Gasteiger partial charge in [-0.05, 0) is 36.1 Å². The van der Waals surface area contributed by atoms with Gasteiger partial charge in [0.25, 0.3) is 0 Å². The van der Waals surface area contributed by atoms with Gasteiger partial charge in [-0.2, -0.15) is 0 Å². The Kier molecular flexibility index (Phi) is 5.96. The highest BCUT2D eigenvalue weighted by molar-refractivity contribution is 5.54. The van der Waals surface area contributed by atoms with Gasteiger partial charge < -0.3 is 20.1 Å². The van der Waals surface area contributed by atoms with Crippen molar-refractivity contribution in [3.8, 4) is 0 Å². The van der Waals surface area contributed by atoms with Crippen molar-refractivity contribution in [2.24, 2.45) is 5.92 Å². The number of hydrogen-bond donors (Lipinski definition) is 2. The van der Waals surface area contributed by atoms with Gasteiger partial charge in [0.2, 0.25) is 0 Å². The lowest BCUT2D eigenvalue weighted by Gasteiger charge is -2.37. The van der Waals surface area contributed by atoms with Gasteiger partial charge in [0.05, 0.1) is 12.7 Å². The Labute approximate surface area is 125 Å². The maximum Gasteiger partial charge on any atom is 0.123 e. The average molecular weight is 296 g/mol. The van der Waals surface area contributed by atoms with Gasteiger partial charge in [-0.25, -0.2) is 4.39 Å². The molecule has 0 spiro atoms. The molecule has 118 valence electrons. The smallest absolute Gasteiger partial charge is 0.123 e. The van der Waals surface area contributed by atoms with E-state index in [4.69, 9.17) is 4.74 Å². The molecule has 2 atom stereocenters. The van der Waals surface area contributed by atoms with E-state index in [9.17, 15) is 9.50 Å². The van der Waals surface area contributed by atoms with Crippen LogP contribution < -0.4 is 10.2 Å². The minimum atomic E-state index is -0.321. The molecule has 1 heterocycles. The maximum absolute atomic E-state index is 13.5. The zero-order chi connectivity index (χ0) is 15.2. The first-order valence-electron chi connectivity index (χ1n) is 7.53. The molecule has 2 unspecified atom stereocenters. The summed E-state index contributed by atoms with van der Waals surface area (Å²) in [6.45, 7) is 5.53. The van der Waals surface area contributed by atoms with Crippen molar-refractivity contribution in [1.82, 2.24) is 5.32 Å². The molecule has 0 radical (unpaired) electrons. The molecule has 0 aliphatic carbocycles. The Balaban J connectivity index is 2.07. The number of methoxy groups -OCH3 is 1. The van der Waals surface area contributed by atoms with E-state index in [0.29, 0.717) is 25.6 Å². The van der Waals surface area contributed by atoms with Crippen molar-refractivity contribution in [3.05, 3.63) is 29.6 Å². The van der Waals surface area contributed by atoms with Crippen LogP contribution in [0.25, 0.3) is 0 Å². The number of ether oxygens (including phenoxy) is 1. The van der Waals surface area contributed by atoms with Crippen LogP contribution in [0.4, 0.5) is 10.1 Å². The fraction of sp³-hybridized carbons (Fsp3) is 0.625. The average Bonchev–Trinajstić information content (AvgIpc) is 2.47. The second-order valence-electron chi connectivity index (χ2n) is 5.72. The van der Waals surface area contributed by atoms with E-state index in [1.165, 1.54) is 6.07 Å². The molecule has 1 aromatic carbocycles. The number of rotatable bonds is 6. The fourth-order valence-electron chi connectivity index (χ4n) is 2.67. The van der Waals surface area contributed by atoms with E-state index in [1.807, 2.05) is 6.07 Å². The van der Waals surface area contributed by atoms with Crippen LogP contribution in [0.2, 0.25) is 0 Å². The van der Waals surface area contributed by atoms with E-state index in [-0.39, 0.29) is 11.9 Å². The molecular formula is C16H25FN2O2. The third-order valence-corrected chi connectivity index (χ3v) is 4.10. The van der Waals surface area contributed by atoms with Gasteiger partial charge in [-0.1, -0.05) is 6.92 Å². The van der Waals surface area contributed by atoms with Crippen molar-refractivity contribution in [2.75, 3.05) is 38.3 Å². The van der Waals surface area contributed by atoms with Gasteiger partial charge in [-0.3, -0.25) is 0 Å². The lowest BCUT2D eigenvalue weighted by Crippen LogP contribution is -2.43. The molecule has 1 saturated heterocycles. The summed E-state index contributed by atoms with van der Waals surface area (Å²) in [5, 5.41) is 13.3. The number of β-amino-alcohol motifs (C(OH)–C–C–N with tert-alkyl or cyclic N) is 1. The monoisotopic (exact) mass is 296 g/mol. The minimum Gasteiger partial charge on any atom is -0.391 e. The van der Waals surface area contributed by atoms with E-state index in [2.05, 4.69) is 17.1 Å². The normalized spacial score (nSPS) is 22.6. The van der Waals surface area contributed by atoms with Crippen LogP contribution in [0.15, 0.2) is 18.2 Å². The molecule has 0 bridgehead atoms. The lowest BCUT2D eigenvalue weighted by atomic mass is 9.95. The number of hydrogen-bond acceptors (Lipinski definition) is 4. The highest BCUT2D eigenvalue weighted by Crippen LogP contribution is 2.27. The first-order chi connectivity index (χ1) is 10.1. The van der Waals surface area contributed by atoms with Crippen LogP contribution >= 0.6 is 0 Å². The first-order valence-corrected chi connectivity index (χ1v) is 7.53. The van der Waals surface area contributed by atoms with Crippen molar-refractivity contribution in [2.45, 2.75) is 26.0 Å². The SMILES string of the molecule is COCCNCc1cc(F)ccc1N1CCC(C)C(O)C1. The summed E-state index contributed by atoms with van der Waals surface area (Å²) in [6, 6.07) is 4.86. The summed E-state index contributed by atoms with van der Waals surface area (Å²) in [6.07, 6.45) is 0.632. The molecule has 1 aromatic rings. The molecule has 1 fully saturated rings. The number of benzene rings is 1. The third kappa shape index (κ3) is 4.40. The van der Waals surface area contributed by atoms with Crippen molar-refractivity contribution < 1.29 is 14.2 Å². The number of anilines is 1. The van der Waals surface area contributed by atoms with Gasteiger partial charge in [-0.15, -0.1) is 0 Å². The second-order valence-corrected chi connectivity index (χ2v) is 5.72. The molecule has 4 nitrogen and oxygen atoms in total. The number of halogens is 1. The summed E-state index contributed by atoms with van der Waals surface area (Å²) < 4.78 is 18.5. The van der Waals surface area contributed by atoms with Gasteiger partial charge >= 0.3 is 0 Å². The topological polar surface area (TPSA) is 44.7 Å². The molecule has 2 rings (SSSR count). The van der Waals surface area contributed by atoms with E-state index >= 15 is 0 Å². The van der Waals surface area contributed by atoms with Crippen LogP contribution in [0.5, 0.6) is 0 Å². The molecule has 0 saturated carbocycles. The number of piperidine rings is 1. The van der Waals surface area contributed by atoms with Crippen LogP contribution in [-0.4, -0.2) is 44.6 Å². The van der Waals surface area contributed by atoms with E-state index in [1.54, 1.807) is 13.2 Å². The van der Waals surface area contributed by atoms with Crippen LogP contribution in [-0.2, 0) is 11.3 Å². The highest BCUT2D eigenvalue weighted by Gasteiger charge is 2.25. The van der Waals surface area contributed by atoms with Crippen LogP contribution in [0, 0.1) is 11.7 Å².